The van der Waals surface area contributed by atoms with Crippen LogP contribution in [0, 0.1) is 0 Å². The van der Waals surface area contributed by atoms with Gasteiger partial charge in [0, 0.05) is 17.8 Å². The van der Waals surface area contributed by atoms with Crippen LogP contribution in [0.3, 0.4) is 0 Å². The number of carbonyl (C=O) groups excluding carboxylic acids is 2. The van der Waals surface area contributed by atoms with Crippen LogP contribution in [0.1, 0.15) is 73.2 Å². The van der Waals surface area contributed by atoms with E-state index in [0.717, 1.165) is 36.8 Å². The summed E-state index contributed by atoms with van der Waals surface area (Å²) in [5, 5.41) is 3.21. The van der Waals surface area contributed by atoms with Crippen LogP contribution < -0.4 is 19.7 Å². The predicted molar refractivity (Wildman–Crippen MR) is 137 cm³/mol. The van der Waals surface area contributed by atoms with Crippen LogP contribution in [0.25, 0.3) is 0 Å². The molecule has 5 rings (SSSR count). The van der Waals surface area contributed by atoms with E-state index in [1.165, 1.54) is 11.2 Å². The highest BCUT2D eigenvalue weighted by molar-refractivity contribution is 6.08. The van der Waals surface area contributed by atoms with Crippen LogP contribution in [0.5, 0.6) is 11.5 Å². The molecule has 0 radical (unpaired) electrons. The summed E-state index contributed by atoms with van der Waals surface area (Å²) in [5.74, 6) is 1.04. The first-order chi connectivity index (χ1) is 17.5. The molecule has 188 valence electrons. The first-order valence-corrected chi connectivity index (χ1v) is 12.7. The van der Waals surface area contributed by atoms with Gasteiger partial charge >= 0.3 is 0 Å². The average molecular weight is 489 g/mol. The van der Waals surface area contributed by atoms with E-state index >= 15 is 0 Å². The highest BCUT2D eigenvalue weighted by Gasteiger charge is 2.36. The number of carbonyl (C=O) groups is 2. The fraction of sp³-hybridized carbons (Fsp3) is 0.379. The molecule has 0 saturated heterocycles. The zero-order valence-corrected chi connectivity index (χ0v) is 20.7. The van der Waals surface area contributed by atoms with Gasteiger partial charge in [0.2, 0.25) is 5.91 Å². The van der Waals surface area contributed by atoms with E-state index in [1.54, 1.807) is 30.3 Å². The van der Waals surface area contributed by atoms with Crippen molar-refractivity contribution >= 4 is 17.5 Å². The molecule has 2 amide bonds. The Hall–Kier alpha value is -3.74. The van der Waals surface area contributed by atoms with E-state index < -0.39 is 11.9 Å². The normalized spacial score (nSPS) is 16.1. The fourth-order valence-corrected chi connectivity index (χ4v) is 4.92. The summed E-state index contributed by atoms with van der Waals surface area (Å²) in [6, 6.07) is 15.7. The van der Waals surface area contributed by atoms with E-state index in [9.17, 15) is 9.59 Å². The molecule has 1 fully saturated rings. The number of ether oxygens (including phenoxy) is 2. The zero-order valence-electron chi connectivity index (χ0n) is 20.7. The summed E-state index contributed by atoms with van der Waals surface area (Å²) in [6.45, 7) is 5.14. The third-order valence-corrected chi connectivity index (χ3v) is 6.88. The van der Waals surface area contributed by atoms with Gasteiger partial charge in [0.25, 0.3) is 5.91 Å². The molecule has 7 nitrogen and oxygen atoms in total. The Labute approximate surface area is 211 Å². The maximum absolute atomic E-state index is 13.9. The van der Waals surface area contributed by atoms with Gasteiger partial charge in [-0.1, -0.05) is 51.0 Å². The molecule has 1 aromatic heterocycles. The van der Waals surface area contributed by atoms with E-state index in [4.69, 9.17) is 13.9 Å². The molecule has 1 atom stereocenters. The lowest BCUT2D eigenvalue weighted by molar-refractivity contribution is -0.123. The highest BCUT2D eigenvalue weighted by atomic mass is 16.6. The number of rotatable bonds is 7. The van der Waals surface area contributed by atoms with Gasteiger partial charge in [-0.2, -0.15) is 0 Å². The summed E-state index contributed by atoms with van der Waals surface area (Å²) in [6.07, 6.45) is 5.54. The molecular formula is C29H32N2O5. The van der Waals surface area contributed by atoms with Crippen LogP contribution in [-0.2, 0) is 4.79 Å². The molecule has 0 bridgehead atoms. The molecule has 0 unspecified atom stereocenters. The lowest BCUT2D eigenvalue weighted by atomic mass is 9.97. The van der Waals surface area contributed by atoms with Crippen molar-refractivity contribution in [2.75, 3.05) is 18.1 Å². The van der Waals surface area contributed by atoms with E-state index in [1.807, 2.05) is 24.3 Å². The number of hydrogen-bond acceptors (Lipinski definition) is 5. The van der Waals surface area contributed by atoms with Gasteiger partial charge in [-0.3, -0.25) is 14.5 Å². The summed E-state index contributed by atoms with van der Waals surface area (Å²) in [4.78, 5) is 29.3. The highest BCUT2D eigenvalue weighted by Crippen LogP contribution is 2.38. The summed E-state index contributed by atoms with van der Waals surface area (Å²) in [5.41, 5.74) is 2.42. The van der Waals surface area contributed by atoms with Crippen molar-refractivity contribution in [2.45, 2.75) is 57.5 Å². The van der Waals surface area contributed by atoms with Gasteiger partial charge in [0.1, 0.15) is 19.3 Å². The number of hydrogen-bond donors (Lipinski definition) is 1. The molecule has 1 N–H and O–H groups in total. The molecule has 2 aromatic carbocycles. The number of furan rings is 1. The van der Waals surface area contributed by atoms with Crippen molar-refractivity contribution in [1.29, 1.82) is 0 Å². The van der Waals surface area contributed by atoms with Gasteiger partial charge in [-0.05, 0) is 54.2 Å². The van der Waals surface area contributed by atoms with Gasteiger partial charge in [-0.25, -0.2) is 0 Å². The molecule has 0 spiro atoms. The Morgan fingerprint density at radius 3 is 2.28 bits per heavy atom. The van der Waals surface area contributed by atoms with Crippen LogP contribution in [0.15, 0.2) is 65.3 Å². The Morgan fingerprint density at radius 1 is 0.917 bits per heavy atom. The first-order valence-electron chi connectivity index (χ1n) is 12.7. The second-order valence-electron chi connectivity index (χ2n) is 9.69. The monoisotopic (exact) mass is 488 g/mol. The molecule has 1 aliphatic heterocycles. The Balaban J connectivity index is 1.60. The SMILES string of the molecule is CC(C)c1ccc([C@H](C(=O)NC2CCCC2)N(C(=O)c2ccco2)c2ccc3c(c2)OCCO3)cc1. The Morgan fingerprint density at radius 2 is 1.61 bits per heavy atom. The van der Waals surface area contributed by atoms with Crippen LogP contribution in [0.4, 0.5) is 5.69 Å². The van der Waals surface area contributed by atoms with Crippen molar-refractivity contribution < 1.29 is 23.5 Å². The third kappa shape index (κ3) is 4.96. The second kappa shape index (κ2) is 10.5. The number of anilines is 1. The Kier molecular flexibility index (Phi) is 6.98. The van der Waals surface area contributed by atoms with Crippen LogP contribution in [-0.4, -0.2) is 31.1 Å². The maximum atomic E-state index is 13.9. The lowest BCUT2D eigenvalue weighted by Crippen LogP contribution is -2.46. The number of fused-ring (bicyclic) bond motifs is 1. The second-order valence-corrected chi connectivity index (χ2v) is 9.69. The summed E-state index contributed by atoms with van der Waals surface area (Å²) in [7, 11) is 0. The minimum absolute atomic E-state index is 0.107. The minimum Gasteiger partial charge on any atom is -0.486 e. The number of amides is 2. The largest absolute Gasteiger partial charge is 0.486 e. The maximum Gasteiger partial charge on any atom is 0.294 e. The molecular weight excluding hydrogens is 456 g/mol. The van der Waals surface area contributed by atoms with Gasteiger partial charge in [0.15, 0.2) is 17.3 Å². The van der Waals surface area contributed by atoms with Gasteiger partial charge in [-0.15, -0.1) is 0 Å². The van der Waals surface area contributed by atoms with E-state index in [-0.39, 0.29) is 17.7 Å². The van der Waals surface area contributed by atoms with Gasteiger partial charge in [0.05, 0.1) is 6.26 Å². The number of benzene rings is 2. The lowest BCUT2D eigenvalue weighted by Gasteiger charge is -2.32. The van der Waals surface area contributed by atoms with Gasteiger partial charge < -0.3 is 19.2 Å². The zero-order chi connectivity index (χ0) is 25.1. The molecule has 1 saturated carbocycles. The van der Waals surface area contributed by atoms with Crippen LogP contribution >= 0.6 is 0 Å². The molecule has 36 heavy (non-hydrogen) atoms. The quantitative estimate of drug-likeness (QED) is 0.467. The fourth-order valence-electron chi connectivity index (χ4n) is 4.92. The smallest absolute Gasteiger partial charge is 0.294 e. The van der Waals surface area contributed by atoms with Crippen molar-refractivity contribution in [3.05, 3.63) is 77.7 Å². The standard InChI is InChI=1S/C29H32N2O5/c1-19(2)20-9-11-21(12-10-20)27(28(32)30-22-6-3-4-7-22)31(29(33)25-8-5-15-34-25)23-13-14-24-26(18-23)36-17-16-35-24/h5,8-15,18-19,22,27H,3-4,6-7,16-17H2,1-2H3,(H,30,32)/t27-/m1/s1. The average Bonchev–Trinajstić information content (AvgIpc) is 3.61. The molecule has 2 heterocycles. The topological polar surface area (TPSA) is 81.0 Å². The number of nitrogens with zero attached hydrogens (tertiary/aromatic N) is 1. The summed E-state index contributed by atoms with van der Waals surface area (Å²) < 4.78 is 17.0. The molecule has 1 aliphatic carbocycles. The van der Waals surface area contributed by atoms with Crippen molar-refractivity contribution in [2.24, 2.45) is 0 Å². The van der Waals surface area contributed by atoms with Crippen molar-refractivity contribution in [3.63, 3.8) is 0 Å². The van der Waals surface area contributed by atoms with Crippen LogP contribution in [0.2, 0.25) is 0 Å². The predicted octanol–water partition coefficient (Wildman–Crippen LogP) is 5.62. The van der Waals surface area contributed by atoms with Crippen molar-refractivity contribution in [1.82, 2.24) is 5.32 Å². The van der Waals surface area contributed by atoms with E-state index in [2.05, 4.69) is 19.2 Å². The minimum atomic E-state index is -0.896. The van der Waals surface area contributed by atoms with Crippen molar-refractivity contribution in [3.8, 4) is 11.5 Å². The molecule has 2 aliphatic rings. The molecule has 3 aromatic rings. The third-order valence-electron chi connectivity index (χ3n) is 6.88. The molecule has 7 heteroatoms. The first kappa shape index (κ1) is 24.0. The number of nitrogens with one attached hydrogen (secondary N) is 1. The summed E-state index contributed by atoms with van der Waals surface area (Å²) >= 11 is 0. The van der Waals surface area contributed by atoms with E-state index in [0.29, 0.717) is 36.3 Å². The Bertz CT molecular complexity index is 1200.